The monoisotopic (exact) mass is 401 g/mol. The minimum atomic E-state index is -0.210. The Balaban J connectivity index is 1.82. The van der Waals surface area contributed by atoms with Crippen molar-refractivity contribution in [2.24, 2.45) is 4.99 Å². The number of rotatable bonds is 12. The van der Waals surface area contributed by atoms with Crippen LogP contribution < -0.4 is 10.6 Å². The molecule has 158 valence electrons. The molecule has 0 spiro atoms. The number of guanidine groups is 1. The minimum Gasteiger partial charge on any atom is -0.379 e. The Kier molecular flexibility index (Phi) is 10.8. The van der Waals surface area contributed by atoms with E-state index in [0.29, 0.717) is 33.0 Å². The van der Waals surface area contributed by atoms with Gasteiger partial charge in [-0.15, -0.1) is 0 Å². The average Bonchev–Trinajstić information content (AvgIpc) is 2.73. The Labute approximate surface area is 173 Å². The van der Waals surface area contributed by atoms with E-state index in [-0.39, 0.29) is 5.82 Å². The summed E-state index contributed by atoms with van der Waals surface area (Å²) in [7, 11) is 0. The maximum Gasteiger partial charge on any atom is 0.191 e. The van der Waals surface area contributed by atoms with Crippen molar-refractivity contribution in [3.8, 4) is 0 Å². The van der Waals surface area contributed by atoms with Crippen LogP contribution in [-0.4, -0.2) is 38.9 Å². The van der Waals surface area contributed by atoms with Gasteiger partial charge in [0.2, 0.25) is 0 Å². The van der Waals surface area contributed by atoms with Gasteiger partial charge in [0.25, 0.3) is 0 Å². The van der Waals surface area contributed by atoms with Gasteiger partial charge in [-0.05, 0) is 49.1 Å². The van der Waals surface area contributed by atoms with Crippen LogP contribution in [0.3, 0.4) is 0 Å². The molecule has 0 aliphatic heterocycles. The molecule has 0 aliphatic rings. The van der Waals surface area contributed by atoms with E-state index in [9.17, 15) is 4.39 Å². The van der Waals surface area contributed by atoms with Crippen LogP contribution in [0.25, 0.3) is 0 Å². The number of nitrogens with zero attached hydrogens (tertiary/aromatic N) is 1. The van der Waals surface area contributed by atoms with Gasteiger partial charge in [0.05, 0.1) is 26.4 Å². The molecule has 0 fully saturated rings. The highest BCUT2D eigenvalue weighted by Gasteiger charge is 2.01. The van der Waals surface area contributed by atoms with Gasteiger partial charge < -0.3 is 20.1 Å². The smallest absolute Gasteiger partial charge is 0.191 e. The predicted molar refractivity (Wildman–Crippen MR) is 116 cm³/mol. The fourth-order valence-electron chi connectivity index (χ4n) is 2.76. The molecule has 2 N–H and O–H groups in total. The molecule has 0 aliphatic carbocycles. The van der Waals surface area contributed by atoms with Crippen LogP contribution in [0.4, 0.5) is 4.39 Å². The zero-order valence-electron chi connectivity index (χ0n) is 17.4. The second-order valence-electron chi connectivity index (χ2n) is 6.57. The van der Waals surface area contributed by atoms with Crippen LogP contribution in [-0.2, 0) is 29.0 Å². The van der Waals surface area contributed by atoms with Crippen molar-refractivity contribution in [2.45, 2.75) is 33.4 Å². The van der Waals surface area contributed by atoms with Crippen LogP contribution in [0.2, 0.25) is 0 Å². The highest BCUT2D eigenvalue weighted by Crippen LogP contribution is 2.08. The third-order valence-electron chi connectivity index (χ3n) is 4.22. The lowest BCUT2D eigenvalue weighted by Gasteiger charge is -2.12. The summed E-state index contributed by atoms with van der Waals surface area (Å²) in [5.74, 6) is 0.562. The number of halogens is 1. The number of nitrogens with one attached hydrogen (secondary N) is 2. The van der Waals surface area contributed by atoms with E-state index in [1.165, 1.54) is 12.1 Å². The van der Waals surface area contributed by atoms with E-state index >= 15 is 0 Å². The molecular weight excluding hydrogens is 369 g/mol. The van der Waals surface area contributed by atoms with Crippen molar-refractivity contribution in [1.82, 2.24) is 10.6 Å². The largest absolute Gasteiger partial charge is 0.379 e. The first kappa shape index (κ1) is 22.8. The van der Waals surface area contributed by atoms with Gasteiger partial charge in [-0.2, -0.15) is 0 Å². The van der Waals surface area contributed by atoms with Crippen molar-refractivity contribution in [2.75, 3.05) is 32.9 Å². The second kappa shape index (κ2) is 13.7. The van der Waals surface area contributed by atoms with Gasteiger partial charge in [-0.25, -0.2) is 9.38 Å². The maximum absolute atomic E-state index is 13.0. The van der Waals surface area contributed by atoms with E-state index in [0.717, 1.165) is 42.2 Å². The van der Waals surface area contributed by atoms with Crippen LogP contribution in [0.15, 0.2) is 53.5 Å². The number of ether oxygens (including phenoxy) is 2. The molecule has 2 aromatic carbocycles. The SMILES string of the molecule is CCNC(=NCc1cccc(COCCOCC)c1)NCCc1ccc(F)cc1. The third-order valence-corrected chi connectivity index (χ3v) is 4.22. The Morgan fingerprint density at radius 3 is 2.45 bits per heavy atom. The summed E-state index contributed by atoms with van der Waals surface area (Å²) in [4.78, 5) is 4.66. The molecule has 0 heterocycles. The standard InChI is InChI=1S/C23H32FN3O2/c1-3-25-23(26-13-12-19-8-10-22(24)11-9-19)27-17-20-6-5-7-21(16-20)18-29-15-14-28-4-2/h5-11,16H,3-4,12-15,17-18H2,1-2H3,(H2,25,26,27). The maximum atomic E-state index is 13.0. The van der Waals surface area contributed by atoms with Crippen molar-refractivity contribution >= 4 is 5.96 Å². The molecule has 0 saturated carbocycles. The van der Waals surface area contributed by atoms with Gasteiger partial charge in [0, 0.05) is 19.7 Å². The van der Waals surface area contributed by atoms with Gasteiger partial charge in [0.1, 0.15) is 5.82 Å². The highest BCUT2D eigenvalue weighted by molar-refractivity contribution is 5.79. The summed E-state index contributed by atoms with van der Waals surface area (Å²) in [5.41, 5.74) is 3.35. The normalized spacial score (nSPS) is 11.5. The van der Waals surface area contributed by atoms with Crippen molar-refractivity contribution < 1.29 is 13.9 Å². The lowest BCUT2D eigenvalue weighted by molar-refractivity contribution is 0.0453. The van der Waals surface area contributed by atoms with Crippen LogP contribution in [0.5, 0.6) is 0 Å². The minimum absolute atomic E-state index is 0.210. The van der Waals surface area contributed by atoms with E-state index in [4.69, 9.17) is 9.47 Å². The molecule has 0 saturated heterocycles. The van der Waals surface area contributed by atoms with Crippen molar-refractivity contribution in [3.63, 3.8) is 0 Å². The van der Waals surface area contributed by atoms with E-state index in [1.807, 2.05) is 32.0 Å². The average molecular weight is 402 g/mol. The summed E-state index contributed by atoms with van der Waals surface area (Å²) in [6.07, 6.45) is 0.805. The summed E-state index contributed by atoms with van der Waals surface area (Å²) in [5, 5.41) is 6.59. The first-order valence-corrected chi connectivity index (χ1v) is 10.2. The van der Waals surface area contributed by atoms with Gasteiger partial charge >= 0.3 is 0 Å². The fraction of sp³-hybridized carbons (Fsp3) is 0.435. The van der Waals surface area contributed by atoms with Crippen LogP contribution >= 0.6 is 0 Å². The molecular formula is C23H32FN3O2. The number of hydrogen-bond acceptors (Lipinski definition) is 3. The van der Waals surface area contributed by atoms with Gasteiger partial charge in [0.15, 0.2) is 5.96 Å². The lowest BCUT2D eigenvalue weighted by atomic mass is 10.1. The van der Waals surface area contributed by atoms with Gasteiger partial charge in [-0.1, -0.05) is 36.4 Å². The zero-order valence-corrected chi connectivity index (χ0v) is 17.4. The first-order chi connectivity index (χ1) is 14.2. The summed E-state index contributed by atoms with van der Waals surface area (Å²) < 4.78 is 23.9. The molecule has 0 amide bonds. The van der Waals surface area contributed by atoms with Crippen molar-refractivity contribution in [1.29, 1.82) is 0 Å². The first-order valence-electron chi connectivity index (χ1n) is 10.2. The molecule has 6 heteroatoms. The highest BCUT2D eigenvalue weighted by atomic mass is 19.1. The summed E-state index contributed by atoms with van der Waals surface area (Å²) in [6, 6.07) is 14.9. The Hall–Kier alpha value is -2.44. The lowest BCUT2D eigenvalue weighted by Crippen LogP contribution is -2.38. The summed E-state index contributed by atoms with van der Waals surface area (Å²) >= 11 is 0. The van der Waals surface area contributed by atoms with E-state index in [1.54, 1.807) is 0 Å². The Morgan fingerprint density at radius 1 is 0.931 bits per heavy atom. The second-order valence-corrected chi connectivity index (χ2v) is 6.57. The molecule has 0 atom stereocenters. The number of aliphatic imine (C=N–C) groups is 1. The molecule has 0 aromatic heterocycles. The van der Waals surface area contributed by atoms with E-state index < -0.39 is 0 Å². The quantitative estimate of drug-likeness (QED) is 0.324. The fourth-order valence-corrected chi connectivity index (χ4v) is 2.76. The molecule has 0 bridgehead atoms. The summed E-state index contributed by atoms with van der Waals surface area (Å²) in [6.45, 7) is 8.61. The third kappa shape index (κ3) is 9.54. The molecule has 0 radical (unpaired) electrons. The predicted octanol–water partition coefficient (Wildman–Crippen LogP) is 3.68. The zero-order chi connectivity index (χ0) is 20.7. The Morgan fingerprint density at radius 2 is 1.69 bits per heavy atom. The Bertz CT molecular complexity index is 735. The van der Waals surface area contributed by atoms with Gasteiger partial charge in [-0.3, -0.25) is 0 Å². The number of benzene rings is 2. The number of hydrogen-bond donors (Lipinski definition) is 2. The molecule has 0 unspecified atom stereocenters. The van der Waals surface area contributed by atoms with Crippen LogP contribution in [0, 0.1) is 5.82 Å². The van der Waals surface area contributed by atoms with Crippen LogP contribution in [0.1, 0.15) is 30.5 Å². The molecule has 2 aromatic rings. The molecule has 29 heavy (non-hydrogen) atoms. The molecule has 2 rings (SSSR count). The van der Waals surface area contributed by atoms with Crippen molar-refractivity contribution in [3.05, 3.63) is 71.0 Å². The van der Waals surface area contributed by atoms with E-state index in [2.05, 4.69) is 33.8 Å². The molecule has 5 nitrogen and oxygen atoms in total. The topological polar surface area (TPSA) is 54.9 Å².